The number of ether oxygens (including phenoxy) is 1. The van der Waals surface area contributed by atoms with Gasteiger partial charge in [-0.15, -0.1) is 0 Å². The average Bonchev–Trinajstić information content (AvgIpc) is 3.03. The van der Waals surface area contributed by atoms with Gasteiger partial charge in [-0.25, -0.2) is 4.79 Å². The molecule has 7 heteroatoms. The van der Waals surface area contributed by atoms with Gasteiger partial charge in [0.2, 0.25) is 0 Å². The highest BCUT2D eigenvalue weighted by Gasteiger charge is 2.42. The lowest BCUT2D eigenvalue weighted by molar-refractivity contribution is -0.126. The Labute approximate surface area is 163 Å². The zero-order valence-electron chi connectivity index (χ0n) is 15.9. The normalized spacial score (nSPS) is 19.0. The largest absolute Gasteiger partial charge is 0.494 e. The molecule has 1 aromatic carbocycles. The molecule has 0 fully saturated rings. The topological polar surface area (TPSA) is 74.8 Å². The van der Waals surface area contributed by atoms with Crippen LogP contribution in [0.3, 0.4) is 0 Å². The van der Waals surface area contributed by atoms with Gasteiger partial charge in [-0.1, -0.05) is 18.2 Å². The van der Waals surface area contributed by atoms with Crippen LogP contribution < -0.4 is 10.1 Å². The highest BCUT2D eigenvalue weighted by molar-refractivity contribution is 6.01. The number of likely N-dealkylation sites (N-methyl/N-ethyl adjacent to an activating group) is 1. The molecule has 3 amide bonds. The summed E-state index contributed by atoms with van der Waals surface area (Å²) < 4.78 is 5.49. The van der Waals surface area contributed by atoms with Crippen LogP contribution in [0.2, 0.25) is 0 Å². The van der Waals surface area contributed by atoms with Crippen LogP contribution in [0, 0.1) is 0 Å². The van der Waals surface area contributed by atoms with Crippen molar-refractivity contribution in [3.8, 4) is 5.75 Å². The molecule has 28 heavy (non-hydrogen) atoms. The third-order valence-electron chi connectivity index (χ3n) is 5.06. The van der Waals surface area contributed by atoms with E-state index in [4.69, 9.17) is 4.74 Å². The third kappa shape index (κ3) is 3.19. The number of hydrogen-bond donors (Lipinski definition) is 1. The molecule has 0 unspecified atom stereocenters. The molecule has 7 nitrogen and oxygen atoms in total. The monoisotopic (exact) mass is 378 g/mol. The first-order valence-corrected chi connectivity index (χ1v) is 9.26. The number of carbonyl (C=O) groups is 2. The van der Waals surface area contributed by atoms with Crippen LogP contribution in [0.4, 0.5) is 4.79 Å². The number of nitrogens with zero attached hydrogens (tertiary/aromatic N) is 3. The van der Waals surface area contributed by atoms with E-state index in [1.165, 1.54) is 4.90 Å². The molecule has 0 saturated heterocycles. The number of nitrogens with one attached hydrogen (secondary N) is 1. The van der Waals surface area contributed by atoms with Crippen LogP contribution in [-0.4, -0.2) is 46.9 Å². The molecule has 0 aliphatic carbocycles. The minimum atomic E-state index is -0.472. The SMILES string of the molecule is CCOc1ccc([C@H]2NC(=O)N(C)C3=C2C(=O)N(Cc2cccnc2)C3)cc1. The first kappa shape index (κ1) is 18.0. The zero-order chi connectivity index (χ0) is 19.7. The van der Waals surface area contributed by atoms with Gasteiger partial charge in [-0.05, 0) is 36.2 Å². The van der Waals surface area contributed by atoms with Crippen LogP contribution in [-0.2, 0) is 11.3 Å². The molecule has 2 aliphatic rings. The summed E-state index contributed by atoms with van der Waals surface area (Å²) >= 11 is 0. The van der Waals surface area contributed by atoms with E-state index < -0.39 is 6.04 Å². The fourth-order valence-electron chi connectivity index (χ4n) is 3.64. The van der Waals surface area contributed by atoms with Gasteiger partial charge < -0.3 is 15.0 Å². The van der Waals surface area contributed by atoms with E-state index in [0.717, 1.165) is 22.6 Å². The summed E-state index contributed by atoms with van der Waals surface area (Å²) in [5.41, 5.74) is 3.18. The fourth-order valence-corrected chi connectivity index (χ4v) is 3.64. The summed E-state index contributed by atoms with van der Waals surface area (Å²) in [6.07, 6.45) is 3.46. The Bertz CT molecular complexity index is 924. The van der Waals surface area contributed by atoms with Crippen molar-refractivity contribution in [2.75, 3.05) is 20.2 Å². The van der Waals surface area contributed by atoms with Gasteiger partial charge in [-0.2, -0.15) is 0 Å². The Morgan fingerprint density at radius 2 is 2.00 bits per heavy atom. The highest BCUT2D eigenvalue weighted by Crippen LogP contribution is 2.36. The van der Waals surface area contributed by atoms with Crippen molar-refractivity contribution in [1.82, 2.24) is 20.1 Å². The summed E-state index contributed by atoms with van der Waals surface area (Å²) in [7, 11) is 1.69. The van der Waals surface area contributed by atoms with Gasteiger partial charge >= 0.3 is 6.03 Å². The maximum Gasteiger partial charge on any atom is 0.322 e. The van der Waals surface area contributed by atoms with Crippen LogP contribution in [0.25, 0.3) is 0 Å². The number of rotatable bonds is 5. The highest BCUT2D eigenvalue weighted by atomic mass is 16.5. The maximum absolute atomic E-state index is 13.2. The number of pyridine rings is 1. The lowest BCUT2D eigenvalue weighted by atomic mass is 9.95. The van der Waals surface area contributed by atoms with Crippen molar-refractivity contribution in [2.45, 2.75) is 19.5 Å². The number of urea groups is 1. The molecule has 1 atom stereocenters. The summed E-state index contributed by atoms with van der Waals surface area (Å²) in [6, 6.07) is 10.6. The van der Waals surface area contributed by atoms with E-state index in [1.807, 2.05) is 43.3 Å². The second kappa shape index (κ2) is 7.34. The summed E-state index contributed by atoms with van der Waals surface area (Å²) in [6.45, 7) is 3.37. The predicted octanol–water partition coefficient (Wildman–Crippen LogP) is 2.47. The van der Waals surface area contributed by atoms with Gasteiger partial charge in [0.1, 0.15) is 5.75 Å². The van der Waals surface area contributed by atoms with Gasteiger partial charge in [-0.3, -0.25) is 14.7 Å². The molecular formula is C21H22N4O3. The minimum absolute atomic E-state index is 0.0652. The lowest BCUT2D eigenvalue weighted by Gasteiger charge is -2.31. The van der Waals surface area contributed by atoms with Crippen molar-refractivity contribution in [1.29, 1.82) is 0 Å². The number of carbonyl (C=O) groups excluding carboxylic acids is 2. The van der Waals surface area contributed by atoms with Crippen LogP contribution >= 0.6 is 0 Å². The first-order valence-electron chi connectivity index (χ1n) is 9.26. The van der Waals surface area contributed by atoms with Crippen molar-refractivity contribution >= 4 is 11.9 Å². The minimum Gasteiger partial charge on any atom is -0.494 e. The Morgan fingerprint density at radius 1 is 1.21 bits per heavy atom. The van der Waals surface area contributed by atoms with E-state index in [1.54, 1.807) is 24.3 Å². The smallest absolute Gasteiger partial charge is 0.322 e. The average molecular weight is 378 g/mol. The molecule has 2 aliphatic heterocycles. The standard InChI is InChI=1S/C21H22N4O3/c1-3-28-16-8-6-15(7-9-16)19-18-17(24(2)21(27)23-19)13-25(20(18)26)12-14-5-4-10-22-11-14/h4-11,19H,3,12-13H2,1-2H3,(H,23,27)/t19-/m1/s1. The van der Waals surface area contributed by atoms with Crippen molar-refractivity contribution in [3.63, 3.8) is 0 Å². The van der Waals surface area contributed by atoms with E-state index in [2.05, 4.69) is 10.3 Å². The molecule has 3 heterocycles. The summed E-state index contributed by atoms with van der Waals surface area (Å²) in [5.74, 6) is 0.695. The number of benzene rings is 1. The van der Waals surface area contributed by atoms with E-state index in [-0.39, 0.29) is 11.9 Å². The molecule has 144 valence electrons. The Hall–Kier alpha value is -3.35. The number of aromatic nitrogens is 1. The Kier molecular flexibility index (Phi) is 4.73. The molecule has 0 radical (unpaired) electrons. The molecule has 0 spiro atoms. The van der Waals surface area contributed by atoms with Crippen LogP contribution in [0.1, 0.15) is 24.1 Å². The second-order valence-electron chi connectivity index (χ2n) is 6.83. The van der Waals surface area contributed by atoms with E-state index >= 15 is 0 Å². The molecule has 4 rings (SSSR count). The van der Waals surface area contributed by atoms with Crippen molar-refractivity contribution in [2.24, 2.45) is 0 Å². The van der Waals surface area contributed by atoms with E-state index in [0.29, 0.717) is 25.3 Å². The quantitative estimate of drug-likeness (QED) is 0.867. The Morgan fingerprint density at radius 3 is 2.68 bits per heavy atom. The van der Waals surface area contributed by atoms with Gasteiger partial charge in [0.05, 0.1) is 30.5 Å². The second-order valence-corrected chi connectivity index (χ2v) is 6.83. The molecule has 2 aromatic rings. The third-order valence-corrected chi connectivity index (χ3v) is 5.06. The predicted molar refractivity (Wildman–Crippen MR) is 103 cm³/mol. The molecule has 1 aromatic heterocycles. The lowest BCUT2D eigenvalue weighted by Crippen LogP contribution is -2.45. The number of hydrogen-bond acceptors (Lipinski definition) is 4. The molecule has 0 saturated carbocycles. The Balaban J connectivity index is 1.63. The van der Waals surface area contributed by atoms with Gasteiger partial charge in [0.15, 0.2) is 0 Å². The molecule has 0 bridgehead atoms. The van der Waals surface area contributed by atoms with Gasteiger partial charge in [0.25, 0.3) is 5.91 Å². The van der Waals surface area contributed by atoms with E-state index in [9.17, 15) is 9.59 Å². The first-order chi connectivity index (χ1) is 13.6. The fraction of sp³-hybridized carbons (Fsp3) is 0.286. The summed E-state index contributed by atoms with van der Waals surface area (Å²) in [5, 5.41) is 2.95. The van der Waals surface area contributed by atoms with Crippen LogP contribution in [0.15, 0.2) is 60.1 Å². The zero-order valence-corrected chi connectivity index (χ0v) is 15.9. The maximum atomic E-state index is 13.2. The van der Waals surface area contributed by atoms with Gasteiger partial charge in [0, 0.05) is 26.0 Å². The van der Waals surface area contributed by atoms with Crippen molar-refractivity contribution in [3.05, 3.63) is 71.2 Å². The summed E-state index contributed by atoms with van der Waals surface area (Å²) in [4.78, 5) is 33.1. The molecule has 1 N–H and O–H groups in total. The number of amides is 3. The molecular weight excluding hydrogens is 356 g/mol. The van der Waals surface area contributed by atoms with Crippen molar-refractivity contribution < 1.29 is 14.3 Å². The van der Waals surface area contributed by atoms with Crippen LogP contribution in [0.5, 0.6) is 5.75 Å².